The summed E-state index contributed by atoms with van der Waals surface area (Å²) < 4.78 is 1.95. The summed E-state index contributed by atoms with van der Waals surface area (Å²) in [6.07, 6.45) is 2.99. The Balaban J connectivity index is 2.20. The molecule has 2 rings (SSSR count). The maximum absolute atomic E-state index is 10.0. The van der Waals surface area contributed by atoms with Gasteiger partial charge in [0.1, 0.15) is 0 Å². The molecule has 0 aliphatic heterocycles. The van der Waals surface area contributed by atoms with Gasteiger partial charge in [0.2, 0.25) is 0 Å². The van der Waals surface area contributed by atoms with Gasteiger partial charge in [-0.1, -0.05) is 0 Å². The minimum absolute atomic E-state index is 0.477. The summed E-state index contributed by atoms with van der Waals surface area (Å²) in [5.74, 6) is 0. The topological polar surface area (TPSA) is 38.0 Å². The van der Waals surface area contributed by atoms with Crippen LogP contribution in [0.5, 0.6) is 0 Å². The summed E-state index contributed by atoms with van der Waals surface area (Å²) in [5, 5.41) is 14.5. The van der Waals surface area contributed by atoms with E-state index in [1.54, 1.807) is 0 Å². The number of hydrogen-bond acceptors (Lipinski definition) is 2. The van der Waals surface area contributed by atoms with E-state index in [4.69, 9.17) is 0 Å². The monoisotopic (exact) mass is 194 g/mol. The fraction of sp³-hybridized carbons (Fsp3) is 0.727. The highest BCUT2D eigenvalue weighted by molar-refractivity contribution is 5.22. The first-order chi connectivity index (χ1) is 6.52. The van der Waals surface area contributed by atoms with E-state index in [2.05, 4.69) is 18.9 Å². The van der Waals surface area contributed by atoms with Gasteiger partial charge in [-0.25, -0.2) is 0 Å². The lowest BCUT2D eigenvalue weighted by atomic mass is 9.80. The first-order valence-electron chi connectivity index (χ1n) is 5.25. The molecular weight excluding hydrogens is 176 g/mol. The van der Waals surface area contributed by atoms with Crippen molar-refractivity contribution in [3.8, 4) is 0 Å². The number of nitrogens with zero attached hydrogens (tertiary/aromatic N) is 2. The first-order valence-corrected chi connectivity index (χ1v) is 5.25. The molecular formula is C11H18N2O. The Morgan fingerprint density at radius 1 is 1.36 bits per heavy atom. The molecule has 0 bridgehead atoms. The largest absolute Gasteiger partial charge is 0.388 e. The van der Waals surface area contributed by atoms with Crippen molar-refractivity contribution in [2.45, 2.75) is 52.2 Å². The molecule has 1 aromatic heterocycles. The maximum atomic E-state index is 10.0. The van der Waals surface area contributed by atoms with Crippen LogP contribution in [0, 0.1) is 20.8 Å². The normalized spacial score (nSPS) is 19.4. The van der Waals surface area contributed by atoms with E-state index in [0.717, 1.165) is 25.0 Å². The van der Waals surface area contributed by atoms with Crippen LogP contribution >= 0.6 is 0 Å². The summed E-state index contributed by atoms with van der Waals surface area (Å²) in [6, 6.07) is 0. The molecule has 1 saturated carbocycles. The Hall–Kier alpha value is -0.830. The van der Waals surface area contributed by atoms with E-state index in [1.807, 2.05) is 11.6 Å². The van der Waals surface area contributed by atoms with Gasteiger partial charge < -0.3 is 5.11 Å². The van der Waals surface area contributed by atoms with E-state index in [0.29, 0.717) is 6.54 Å². The molecule has 1 heterocycles. The highest BCUT2D eigenvalue weighted by Crippen LogP contribution is 2.33. The van der Waals surface area contributed by atoms with Crippen LogP contribution < -0.4 is 0 Å². The van der Waals surface area contributed by atoms with Crippen LogP contribution in [0.3, 0.4) is 0 Å². The molecule has 0 amide bonds. The molecule has 3 nitrogen and oxygen atoms in total. The molecule has 1 aliphatic rings. The fourth-order valence-electron chi connectivity index (χ4n) is 1.96. The van der Waals surface area contributed by atoms with Crippen molar-refractivity contribution in [3.63, 3.8) is 0 Å². The van der Waals surface area contributed by atoms with Gasteiger partial charge in [0.25, 0.3) is 0 Å². The van der Waals surface area contributed by atoms with Gasteiger partial charge in [-0.3, -0.25) is 4.68 Å². The average molecular weight is 194 g/mol. The Labute approximate surface area is 84.7 Å². The lowest BCUT2D eigenvalue weighted by molar-refractivity contribution is -0.0502. The molecule has 1 aromatic rings. The number of aromatic nitrogens is 2. The zero-order valence-corrected chi connectivity index (χ0v) is 9.17. The van der Waals surface area contributed by atoms with Crippen LogP contribution in [-0.2, 0) is 6.54 Å². The number of rotatable bonds is 2. The second-order valence-corrected chi connectivity index (χ2v) is 4.53. The molecule has 0 radical (unpaired) electrons. The number of aryl methyl sites for hydroxylation is 1. The van der Waals surface area contributed by atoms with Gasteiger partial charge in [0.05, 0.1) is 17.8 Å². The summed E-state index contributed by atoms with van der Waals surface area (Å²) >= 11 is 0. The fourth-order valence-corrected chi connectivity index (χ4v) is 1.96. The van der Waals surface area contributed by atoms with Crippen molar-refractivity contribution < 1.29 is 5.11 Å². The molecule has 78 valence electrons. The van der Waals surface area contributed by atoms with Gasteiger partial charge >= 0.3 is 0 Å². The van der Waals surface area contributed by atoms with Gasteiger partial charge in [0.15, 0.2) is 0 Å². The van der Waals surface area contributed by atoms with E-state index >= 15 is 0 Å². The van der Waals surface area contributed by atoms with Crippen LogP contribution in [0.2, 0.25) is 0 Å². The highest BCUT2D eigenvalue weighted by atomic mass is 16.3. The quantitative estimate of drug-likeness (QED) is 0.778. The Morgan fingerprint density at radius 2 is 2.00 bits per heavy atom. The molecule has 1 aliphatic carbocycles. The van der Waals surface area contributed by atoms with Crippen molar-refractivity contribution >= 4 is 0 Å². The van der Waals surface area contributed by atoms with Gasteiger partial charge in [-0.15, -0.1) is 0 Å². The summed E-state index contributed by atoms with van der Waals surface area (Å²) in [4.78, 5) is 0. The van der Waals surface area contributed by atoms with Crippen molar-refractivity contribution in [1.29, 1.82) is 0 Å². The minimum Gasteiger partial charge on any atom is -0.388 e. The standard InChI is InChI=1S/C11H18N2O/c1-8-9(2)12-13(10(8)3)7-11(14)5-4-6-11/h14H,4-7H2,1-3H3. The van der Waals surface area contributed by atoms with Crippen molar-refractivity contribution in [2.24, 2.45) is 0 Å². The predicted octanol–water partition coefficient (Wildman–Crippen LogP) is 1.72. The molecule has 0 spiro atoms. The predicted molar refractivity (Wildman–Crippen MR) is 55.2 cm³/mol. The van der Waals surface area contributed by atoms with Gasteiger partial charge in [-0.05, 0) is 45.6 Å². The molecule has 1 N–H and O–H groups in total. The summed E-state index contributed by atoms with van der Waals surface area (Å²) in [7, 11) is 0. The molecule has 0 saturated heterocycles. The van der Waals surface area contributed by atoms with Gasteiger partial charge in [0, 0.05) is 5.69 Å². The Kier molecular flexibility index (Phi) is 2.14. The minimum atomic E-state index is -0.477. The van der Waals surface area contributed by atoms with Crippen LogP contribution in [0.4, 0.5) is 0 Å². The summed E-state index contributed by atoms with van der Waals surface area (Å²) in [5.41, 5.74) is 3.02. The van der Waals surface area contributed by atoms with Crippen molar-refractivity contribution in [1.82, 2.24) is 9.78 Å². The van der Waals surface area contributed by atoms with E-state index in [-0.39, 0.29) is 0 Å². The number of hydrogen-bond donors (Lipinski definition) is 1. The van der Waals surface area contributed by atoms with Crippen LogP contribution in [0.1, 0.15) is 36.2 Å². The molecule has 3 heteroatoms. The molecule has 0 unspecified atom stereocenters. The average Bonchev–Trinajstić information content (AvgIpc) is 2.31. The smallest absolute Gasteiger partial charge is 0.0842 e. The molecule has 0 atom stereocenters. The second-order valence-electron chi connectivity index (χ2n) is 4.53. The third kappa shape index (κ3) is 1.46. The van der Waals surface area contributed by atoms with Crippen molar-refractivity contribution in [2.75, 3.05) is 0 Å². The first kappa shape index (κ1) is 9.71. The van der Waals surface area contributed by atoms with E-state index in [1.165, 1.54) is 11.3 Å². The second kappa shape index (κ2) is 3.09. The van der Waals surface area contributed by atoms with Crippen LogP contribution in [0.25, 0.3) is 0 Å². The third-order valence-corrected chi connectivity index (χ3v) is 3.47. The Morgan fingerprint density at radius 3 is 2.36 bits per heavy atom. The van der Waals surface area contributed by atoms with Crippen molar-refractivity contribution in [3.05, 3.63) is 17.0 Å². The number of aliphatic hydroxyl groups is 1. The Bertz CT molecular complexity index is 350. The van der Waals surface area contributed by atoms with E-state index in [9.17, 15) is 5.11 Å². The lowest BCUT2D eigenvalue weighted by Crippen LogP contribution is -2.41. The molecule has 0 aromatic carbocycles. The lowest BCUT2D eigenvalue weighted by Gasteiger charge is -2.36. The summed E-state index contributed by atoms with van der Waals surface area (Å²) in [6.45, 7) is 6.83. The zero-order chi connectivity index (χ0) is 10.3. The van der Waals surface area contributed by atoms with Crippen LogP contribution in [0.15, 0.2) is 0 Å². The zero-order valence-electron chi connectivity index (χ0n) is 9.17. The van der Waals surface area contributed by atoms with Crippen LogP contribution in [-0.4, -0.2) is 20.5 Å². The SMILES string of the molecule is Cc1nn(CC2(O)CCC2)c(C)c1C. The maximum Gasteiger partial charge on any atom is 0.0842 e. The highest BCUT2D eigenvalue weighted by Gasteiger charge is 2.35. The van der Waals surface area contributed by atoms with E-state index < -0.39 is 5.60 Å². The van der Waals surface area contributed by atoms with Gasteiger partial charge in [-0.2, -0.15) is 5.10 Å². The molecule has 1 fully saturated rings. The third-order valence-electron chi connectivity index (χ3n) is 3.47. The molecule has 14 heavy (non-hydrogen) atoms.